The zero-order valence-corrected chi connectivity index (χ0v) is 11.1. The van der Waals surface area contributed by atoms with Crippen LogP contribution in [0.2, 0.25) is 0 Å². The molecule has 0 aliphatic heterocycles. The Hall–Kier alpha value is -1.32. The summed E-state index contributed by atoms with van der Waals surface area (Å²) in [6.45, 7) is 0.969. The number of carbonyl (C=O) groups is 1. The molecule has 4 fully saturated rings. The maximum atomic E-state index is 10.9. The summed E-state index contributed by atoms with van der Waals surface area (Å²) in [6, 6.07) is 0. The molecular formula is C15H20N2O2. The number of carboxylic acid groups (broad SMARTS) is 1. The van der Waals surface area contributed by atoms with Gasteiger partial charge in [-0.25, -0.2) is 9.78 Å². The third-order valence-corrected chi connectivity index (χ3v) is 5.54. The number of carboxylic acids is 1. The highest BCUT2D eigenvalue weighted by atomic mass is 16.4. The molecule has 4 saturated carbocycles. The van der Waals surface area contributed by atoms with E-state index in [-0.39, 0.29) is 5.69 Å². The standard InChI is InChI=1S/C15H20N2O2/c18-14(19)13-7-17(9-16-13)8-15-4-10-1-11(5-15)3-12(2-10)6-15/h7,9-12H,1-6,8H2,(H,18,19). The molecule has 4 bridgehead atoms. The van der Waals surface area contributed by atoms with Crippen molar-refractivity contribution in [2.24, 2.45) is 23.2 Å². The molecule has 4 nitrogen and oxygen atoms in total. The summed E-state index contributed by atoms with van der Waals surface area (Å²) in [5.41, 5.74) is 0.607. The smallest absolute Gasteiger partial charge is 0.356 e. The van der Waals surface area contributed by atoms with Gasteiger partial charge in [0.15, 0.2) is 5.69 Å². The predicted molar refractivity (Wildman–Crippen MR) is 69.8 cm³/mol. The van der Waals surface area contributed by atoms with Crippen molar-refractivity contribution in [1.82, 2.24) is 9.55 Å². The Labute approximate surface area is 112 Å². The number of aromatic carboxylic acids is 1. The topological polar surface area (TPSA) is 55.1 Å². The van der Waals surface area contributed by atoms with Crippen molar-refractivity contribution >= 4 is 5.97 Å². The molecule has 1 aromatic heterocycles. The highest BCUT2D eigenvalue weighted by molar-refractivity contribution is 5.84. The van der Waals surface area contributed by atoms with Crippen LogP contribution in [0.5, 0.6) is 0 Å². The van der Waals surface area contributed by atoms with Gasteiger partial charge in [0.2, 0.25) is 0 Å². The van der Waals surface area contributed by atoms with Crippen molar-refractivity contribution in [3.63, 3.8) is 0 Å². The van der Waals surface area contributed by atoms with E-state index in [1.165, 1.54) is 38.5 Å². The fourth-order valence-electron chi connectivity index (χ4n) is 5.43. The number of aromatic nitrogens is 2. The van der Waals surface area contributed by atoms with Crippen molar-refractivity contribution in [1.29, 1.82) is 0 Å². The van der Waals surface area contributed by atoms with Gasteiger partial charge in [-0.05, 0) is 61.7 Å². The van der Waals surface area contributed by atoms with Crippen molar-refractivity contribution in [2.45, 2.75) is 45.1 Å². The second kappa shape index (κ2) is 3.84. The third kappa shape index (κ3) is 1.88. The van der Waals surface area contributed by atoms with E-state index in [4.69, 9.17) is 5.11 Å². The average molecular weight is 260 g/mol. The molecule has 0 radical (unpaired) electrons. The van der Waals surface area contributed by atoms with Crippen molar-refractivity contribution in [3.05, 3.63) is 18.2 Å². The number of nitrogens with zero attached hydrogens (tertiary/aromatic N) is 2. The lowest BCUT2D eigenvalue weighted by Gasteiger charge is -2.57. The summed E-state index contributed by atoms with van der Waals surface area (Å²) in [5, 5.41) is 8.95. The molecule has 0 saturated heterocycles. The quantitative estimate of drug-likeness (QED) is 0.909. The molecule has 0 amide bonds. The van der Waals surface area contributed by atoms with Crippen molar-refractivity contribution < 1.29 is 9.90 Å². The maximum Gasteiger partial charge on any atom is 0.356 e. The second-order valence-corrected chi connectivity index (χ2v) is 7.15. The minimum Gasteiger partial charge on any atom is -0.476 e. The van der Waals surface area contributed by atoms with Crippen LogP contribution < -0.4 is 0 Å². The lowest BCUT2D eigenvalue weighted by Crippen LogP contribution is -2.47. The second-order valence-electron chi connectivity index (χ2n) is 7.15. The lowest BCUT2D eigenvalue weighted by atomic mass is 9.49. The van der Waals surface area contributed by atoms with Crippen molar-refractivity contribution in [3.8, 4) is 0 Å². The Balaban J connectivity index is 1.57. The van der Waals surface area contributed by atoms with Crippen LogP contribution >= 0.6 is 0 Å². The predicted octanol–water partition coefficient (Wildman–Crippen LogP) is 2.80. The van der Waals surface area contributed by atoms with E-state index < -0.39 is 5.97 Å². The summed E-state index contributed by atoms with van der Waals surface area (Å²) in [4.78, 5) is 14.9. The van der Waals surface area contributed by atoms with Crippen LogP contribution in [0, 0.1) is 23.2 Å². The molecule has 0 unspecified atom stereocenters. The Bertz CT molecular complexity index is 485. The summed E-state index contributed by atoms with van der Waals surface area (Å²) >= 11 is 0. The van der Waals surface area contributed by atoms with Gasteiger partial charge < -0.3 is 9.67 Å². The zero-order valence-electron chi connectivity index (χ0n) is 11.1. The van der Waals surface area contributed by atoms with E-state index in [0.29, 0.717) is 5.41 Å². The molecule has 1 aromatic rings. The average Bonchev–Trinajstić information content (AvgIpc) is 2.74. The normalized spacial score (nSPS) is 39.7. The molecular weight excluding hydrogens is 240 g/mol. The van der Waals surface area contributed by atoms with Gasteiger partial charge in [-0.3, -0.25) is 0 Å². The Morgan fingerprint density at radius 2 is 1.84 bits per heavy atom. The van der Waals surface area contributed by atoms with Gasteiger partial charge in [-0.1, -0.05) is 0 Å². The molecule has 0 spiro atoms. The zero-order chi connectivity index (χ0) is 13.0. The largest absolute Gasteiger partial charge is 0.476 e. The molecule has 4 aliphatic rings. The number of imidazole rings is 1. The van der Waals surface area contributed by atoms with Gasteiger partial charge in [-0.15, -0.1) is 0 Å². The number of hydrogen-bond acceptors (Lipinski definition) is 2. The van der Waals surface area contributed by atoms with Crippen molar-refractivity contribution in [2.75, 3.05) is 0 Å². The van der Waals surface area contributed by atoms with Crippen LogP contribution in [0.1, 0.15) is 49.0 Å². The third-order valence-electron chi connectivity index (χ3n) is 5.54. The molecule has 1 N–H and O–H groups in total. The van der Waals surface area contributed by atoms with Gasteiger partial charge in [0, 0.05) is 12.7 Å². The summed E-state index contributed by atoms with van der Waals surface area (Å²) < 4.78 is 2.01. The molecule has 4 aliphatic carbocycles. The first kappa shape index (κ1) is 11.5. The van der Waals surface area contributed by atoms with Gasteiger partial charge in [0.25, 0.3) is 0 Å². The molecule has 0 aromatic carbocycles. The van der Waals surface area contributed by atoms with Crippen LogP contribution in [-0.2, 0) is 6.54 Å². The Morgan fingerprint density at radius 3 is 2.32 bits per heavy atom. The van der Waals surface area contributed by atoms with E-state index in [1.54, 1.807) is 12.5 Å². The van der Waals surface area contributed by atoms with Gasteiger partial charge in [-0.2, -0.15) is 0 Å². The Kier molecular flexibility index (Phi) is 2.32. The summed E-state index contributed by atoms with van der Waals surface area (Å²) in [7, 11) is 0. The van der Waals surface area contributed by atoms with Crippen LogP contribution in [0.25, 0.3) is 0 Å². The molecule has 4 heteroatoms. The summed E-state index contributed by atoms with van der Waals surface area (Å²) in [5.74, 6) is 1.89. The van der Waals surface area contributed by atoms with Crippen LogP contribution in [0.4, 0.5) is 0 Å². The SMILES string of the molecule is O=C(O)c1cn(CC23CC4CC(CC(C4)C2)C3)cn1. The Morgan fingerprint density at radius 1 is 1.26 bits per heavy atom. The minimum atomic E-state index is -0.927. The van der Waals surface area contributed by atoms with E-state index >= 15 is 0 Å². The lowest BCUT2D eigenvalue weighted by molar-refractivity contribution is -0.0619. The molecule has 102 valence electrons. The van der Waals surface area contributed by atoms with Crippen LogP contribution in [-0.4, -0.2) is 20.6 Å². The van der Waals surface area contributed by atoms with Crippen LogP contribution in [0.3, 0.4) is 0 Å². The first-order valence-corrected chi connectivity index (χ1v) is 7.37. The fourth-order valence-corrected chi connectivity index (χ4v) is 5.43. The van der Waals surface area contributed by atoms with Gasteiger partial charge in [0.1, 0.15) is 0 Å². The van der Waals surface area contributed by atoms with E-state index in [9.17, 15) is 4.79 Å². The monoisotopic (exact) mass is 260 g/mol. The highest BCUT2D eigenvalue weighted by Gasteiger charge is 2.50. The molecule has 0 atom stereocenters. The molecule has 5 rings (SSSR count). The minimum absolute atomic E-state index is 0.171. The van der Waals surface area contributed by atoms with E-state index in [2.05, 4.69) is 4.98 Å². The van der Waals surface area contributed by atoms with Gasteiger partial charge >= 0.3 is 5.97 Å². The van der Waals surface area contributed by atoms with E-state index in [0.717, 1.165) is 24.3 Å². The highest BCUT2D eigenvalue weighted by Crippen LogP contribution is 2.60. The van der Waals surface area contributed by atoms with E-state index in [1.807, 2.05) is 4.57 Å². The summed E-state index contributed by atoms with van der Waals surface area (Å²) in [6.07, 6.45) is 11.8. The number of hydrogen-bond donors (Lipinski definition) is 1. The number of rotatable bonds is 3. The first-order chi connectivity index (χ1) is 9.12. The fraction of sp³-hybridized carbons (Fsp3) is 0.733. The molecule has 1 heterocycles. The first-order valence-electron chi connectivity index (χ1n) is 7.37. The maximum absolute atomic E-state index is 10.9. The molecule has 19 heavy (non-hydrogen) atoms. The van der Waals surface area contributed by atoms with Crippen LogP contribution in [0.15, 0.2) is 12.5 Å². The van der Waals surface area contributed by atoms with Gasteiger partial charge in [0.05, 0.1) is 6.33 Å².